The van der Waals surface area contributed by atoms with E-state index in [4.69, 9.17) is 27.2 Å². The van der Waals surface area contributed by atoms with Crippen molar-refractivity contribution < 1.29 is 4.74 Å². The monoisotopic (exact) mass is 264 g/mol. The van der Waals surface area contributed by atoms with Crippen molar-refractivity contribution in [3.63, 3.8) is 0 Å². The van der Waals surface area contributed by atoms with Gasteiger partial charge in [-0.2, -0.15) is 0 Å². The summed E-state index contributed by atoms with van der Waals surface area (Å²) in [5.74, 6) is 0.842. The largest absolute Gasteiger partial charge is 0.497 e. The topological polar surface area (TPSA) is 9.23 Å². The van der Waals surface area contributed by atoms with Gasteiger partial charge in [0.25, 0.3) is 0 Å². The minimum absolute atomic E-state index is 0.0221. The molecule has 1 aromatic rings. The van der Waals surface area contributed by atoms with Crippen LogP contribution < -0.4 is 10.0 Å². The molecule has 0 spiro atoms. The fraction of sp³-hybridized carbons (Fsp3) is 0.455. The first kappa shape index (κ1) is 13.1. The lowest BCUT2D eigenvalue weighted by molar-refractivity contribution is 0.413. The molecular weight excluding hydrogens is 250 g/mol. The summed E-state index contributed by atoms with van der Waals surface area (Å²) >= 11 is 12.0. The summed E-state index contributed by atoms with van der Waals surface area (Å²) in [5.41, 5.74) is 1.17. The molecule has 0 bridgehead atoms. The summed E-state index contributed by atoms with van der Waals surface area (Å²) in [6, 6.07) is 5.85. The third kappa shape index (κ3) is 3.24. The van der Waals surface area contributed by atoms with E-state index >= 15 is 0 Å². The van der Waals surface area contributed by atoms with Gasteiger partial charge >= 0.3 is 0 Å². The molecule has 0 unspecified atom stereocenters. The first-order valence-corrected chi connectivity index (χ1v) is 7.81. The van der Waals surface area contributed by atoms with E-state index in [1.165, 1.54) is 0 Å². The van der Waals surface area contributed by atoms with Crippen molar-refractivity contribution in [2.75, 3.05) is 7.11 Å². The molecule has 0 aliphatic heterocycles. The van der Waals surface area contributed by atoms with Crippen LogP contribution in [0.4, 0.5) is 0 Å². The first-order chi connectivity index (χ1) is 6.86. The van der Waals surface area contributed by atoms with Gasteiger partial charge in [-0.15, -0.1) is 0 Å². The molecule has 0 aliphatic rings. The maximum absolute atomic E-state index is 6.00. The highest BCUT2D eigenvalue weighted by Gasteiger charge is 2.21. The molecule has 15 heavy (non-hydrogen) atoms. The Labute approximate surface area is 102 Å². The summed E-state index contributed by atoms with van der Waals surface area (Å²) in [5, 5.41) is 1.02. The number of hydrogen-bond donors (Lipinski definition) is 0. The highest BCUT2D eigenvalue weighted by Crippen LogP contribution is 2.48. The zero-order chi connectivity index (χ0) is 11.6. The molecule has 0 saturated carbocycles. The molecular formula is C11H15Cl2OP. The molecule has 0 amide bonds. The zero-order valence-corrected chi connectivity index (χ0v) is 11.7. The highest BCUT2D eigenvalue weighted by molar-refractivity contribution is 8.08. The SMILES string of the molecule is COc1ccc(P(Cl)Cl)c(C(C)(C)C)c1. The molecule has 0 aliphatic carbocycles. The fourth-order valence-electron chi connectivity index (χ4n) is 1.39. The van der Waals surface area contributed by atoms with Gasteiger partial charge in [-0.3, -0.25) is 0 Å². The van der Waals surface area contributed by atoms with E-state index in [9.17, 15) is 0 Å². The van der Waals surface area contributed by atoms with Crippen molar-refractivity contribution >= 4 is 34.4 Å². The summed E-state index contributed by atoms with van der Waals surface area (Å²) in [6.45, 7) is 5.30. The van der Waals surface area contributed by atoms with Gasteiger partial charge in [-0.25, -0.2) is 0 Å². The van der Waals surface area contributed by atoms with Crippen molar-refractivity contribution in [1.82, 2.24) is 0 Å². The second kappa shape index (κ2) is 4.91. The molecule has 0 N–H and O–H groups in total. The quantitative estimate of drug-likeness (QED) is 0.720. The minimum atomic E-state index is -1.11. The highest BCUT2D eigenvalue weighted by atomic mass is 35.9. The number of benzene rings is 1. The van der Waals surface area contributed by atoms with Crippen molar-refractivity contribution in [3.8, 4) is 5.75 Å². The Morgan fingerprint density at radius 2 is 1.80 bits per heavy atom. The number of rotatable bonds is 2. The maximum atomic E-state index is 6.00. The third-order valence-corrected chi connectivity index (χ3v) is 4.04. The lowest BCUT2D eigenvalue weighted by atomic mass is 9.87. The van der Waals surface area contributed by atoms with E-state index < -0.39 is 6.63 Å². The van der Waals surface area contributed by atoms with E-state index in [-0.39, 0.29) is 5.41 Å². The predicted molar refractivity (Wildman–Crippen MR) is 70.0 cm³/mol. The molecule has 0 saturated heterocycles. The van der Waals surface area contributed by atoms with Gasteiger partial charge in [0.05, 0.1) is 7.11 Å². The molecule has 0 fully saturated rings. The Morgan fingerprint density at radius 3 is 2.20 bits per heavy atom. The molecule has 1 rings (SSSR count). The van der Waals surface area contributed by atoms with Crippen LogP contribution >= 0.6 is 29.1 Å². The van der Waals surface area contributed by atoms with E-state index in [2.05, 4.69) is 20.8 Å². The minimum Gasteiger partial charge on any atom is -0.497 e. The van der Waals surface area contributed by atoms with Crippen LogP contribution in [0.1, 0.15) is 26.3 Å². The van der Waals surface area contributed by atoms with Gasteiger partial charge in [0, 0.05) is 5.30 Å². The van der Waals surface area contributed by atoms with E-state index in [0.717, 1.165) is 16.6 Å². The lowest BCUT2D eigenvalue weighted by Crippen LogP contribution is -2.20. The van der Waals surface area contributed by atoms with Crippen LogP contribution in [0.5, 0.6) is 5.75 Å². The first-order valence-electron chi connectivity index (χ1n) is 4.66. The molecule has 4 heteroatoms. The Bertz CT molecular complexity index is 345. The van der Waals surface area contributed by atoms with Crippen LogP contribution in [0.15, 0.2) is 18.2 Å². The van der Waals surface area contributed by atoms with Crippen molar-refractivity contribution in [1.29, 1.82) is 0 Å². The fourth-order valence-corrected chi connectivity index (χ4v) is 3.04. The summed E-state index contributed by atoms with van der Waals surface area (Å²) in [6.07, 6.45) is 0. The second-order valence-corrected chi connectivity index (χ2v) is 7.86. The van der Waals surface area contributed by atoms with Crippen LogP contribution in [-0.2, 0) is 5.41 Å². The van der Waals surface area contributed by atoms with E-state index in [1.54, 1.807) is 7.11 Å². The van der Waals surface area contributed by atoms with Gasteiger partial charge in [-0.1, -0.05) is 43.3 Å². The van der Waals surface area contributed by atoms with Crippen LogP contribution in [0.2, 0.25) is 0 Å². The van der Waals surface area contributed by atoms with Crippen LogP contribution in [0.25, 0.3) is 0 Å². The smallest absolute Gasteiger partial charge is 0.119 e. The molecule has 0 radical (unpaired) electrons. The second-order valence-electron chi connectivity index (χ2n) is 4.37. The lowest BCUT2D eigenvalue weighted by Gasteiger charge is -2.23. The normalized spacial score (nSPS) is 11.9. The summed E-state index contributed by atoms with van der Waals surface area (Å²) < 4.78 is 5.21. The van der Waals surface area contributed by atoms with Gasteiger partial charge in [0.2, 0.25) is 0 Å². The number of methoxy groups -OCH3 is 1. The average molecular weight is 265 g/mol. The standard InChI is InChI=1S/C11H15Cl2OP/c1-11(2,3)9-7-8(14-4)5-6-10(9)15(12)13/h5-7H,1-4H3. The van der Waals surface area contributed by atoms with Gasteiger partial charge in [0.15, 0.2) is 0 Å². The Morgan fingerprint density at radius 1 is 1.20 bits per heavy atom. The van der Waals surface area contributed by atoms with E-state index in [1.807, 2.05) is 18.2 Å². The Kier molecular flexibility index (Phi) is 4.29. The third-order valence-electron chi connectivity index (χ3n) is 2.19. The predicted octanol–water partition coefficient (Wildman–Crippen LogP) is 4.41. The van der Waals surface area contributed by atoms with Crippen molar-refractivity contribution in [2.24, 2.45) is 0 Å². The molecule has 0 atom stereocenters. The summed E-state index contributed by atoms with van der Waals surface area (Å²) in [7, 11) is 1.66. The zero-order valence-electron chi connectivity index (χ0n) is 9.34. The maximum Gasteiger partial charge on any atom is 0.119 e. The van der Waals surface area contributed by atoms with Crippen molar-refractivity contribution in [3.05, 3.63) is 23.8 Å². The Hall–Kier alpha value is 0.0300. The van der Waals surface area contributed by atoms with Crippen LogP contribution in [0.3, 0.4) is 0 Å². The average Bonchev–Trinajstić information content (AvgIpc) is 2.15. The number of ether oxygens (including phenoxy) is 1. The van der Waals surface area contributed by atoms with Gasteiger partial charge in [-0.05, 0) is 29.2 Å². The summed E-state index contributed by atoms with van der Waals surface area (Å²) in [4.78, 5) is 0. The Balaban J connectivity index is 3.29. The van der Waals surface area contributed by atoms with Gasteiger partial charge < -0.3 is 4.74 Å². The molecule has 1 aromatic carbocycles. The molecule has 0 aromatic heterocycles. The van der Waals surface area contributed by atoms with Gasteiger partial charge in [0.1, 0.15) is 12.4 Å². The molecule has 84 valence electrons. The number of hydrogen-bond acceptors (Lipinski definition) is 1. The van der Waals surface area contributed by atoms with Crippen LogP contribution in [-0.4, -0.2) is 7.11 Å². The number of halogens is 2. The molecule has 1 nitrogen and oxygen atoms in total. The van der Waals surface area contributed by atoms with Crippen LogP contribution in [0, 0.1) is 0 Å². The van der Waals surface area contributed by atoms with E-state index in [0.29, 0.717) is 0 Å². The molecule has 0 heterocycles. The van der Waals surface area contributed by atoms with Crippen molar-refractivity contribution in [2.45, 2.75) is 26.2 Å².